The summed E-state index contributed by atoms with van der Waals surface area (Å²) in [6.45, 7) is 7.55. The summed E-state index contributed by atoms with van der Waals surface area (Å²) in [6, 6.07) is 38.2. The van der Waals surface area contributed by atoms with E-state index < -0.39 is 10.0 Å². The molecular weight excluding hydrogens is 1430 g/mol. The fraction of sp³-hybridized carbons (Fsp3) is 0.273. The van der Waals surface area contributed by atoms with Crippen molar-refractivity contribution in [1.29, 1.82) is 0 Å². The number of nitrogens with two attached hydrogens (primary N) is 3. The second-order valence-electron chi connectivity index (χ2n) is 27.0. The number of nitrogen functional groups attached to an aromatic ring is 3. The van der Waals surface area contributed by atoms with Crippen LogP contribution in [0.15, 0.2) is 197 Å². The SMILES string of the molecule is C=CC(=O)NC1CCC(n2nc(-c3ccc(Oc4ccccn4)cc3)c3c(N)n[nH]c(=O)c32)CC1.C=CS(=O)(=O)NC1CCC(n2nc(-c3ccc(Oc4ccccn4)cc3)c3c(N)n[nH]c(=O)c32)CC1.CN(C)C/C=C/C(=O)NC1CCC(n2nc(-c3ccc(Oc4ccccn4)cc3)c3c(N)n[nH]c(=O)c32)CC1. The van der Waals surface area contributed by atoms with Gasteiger partial charge in [-0.15, -0.1) is 0 Å². The summed E-state index contributed by atoms with van der Waals surface area (Å²) in [5, 5.41) is 42.4. The van der Waals surface area contributed by atoms with Gasteiger partial charge in [0.2, 0.25) is 39.5 Å². The molecule has 0 bridgehead atoms. The third-order valence-corrected chi connectivity index (χ3v) is 20.3. The Morgan fingerprint density at radius 3 is 1.12 bits per heavy atom. The van der Waals surface area contributed by atoms with Gasteiger partial charge in [0.05, 0.1) is 34.3 Å². The second kappa shape index (κ2) is 33.8. The smallest absolute Gasteiger partial charge is 0.290 e. The first-order valence-corrected chi connectivity index (χ1v) is 37.4. The third-order valence-electron chi connectivity index (χ3n) is 19.2. The summed E-state index contributed by atoms with van der Waals surface area (Å²) in [7, 11) is 0.402. The van der Waals surface area contributed by atoms with Gasteiger partial charge in [0.25, 0.3) is 16.7 Å². The van der Waals surface area contributed by atoms with E-state index in [1.807, 2.05) is 122 Å². The lowest BCUT2D eigenvalue weighted by molar-refractivity contribution is -0.118. The van der Waals surface area contributed by atoms with Gasteiger partial charge in [0.15, 0.2) is 17.5 Å². The molecule has 3 saturated carbocycles. The first-order valence-electron chi connectivity index (χ1n) is 35.8. The molecule has 9 heterocycles. The number of anilines is 3. The largest absolute Gasteiger partial charge is 0.439 e. The highest BCUT2D eigenvalue weighted by Gasteiger charge is 2.33. The van der Waals surface area contributed by atoms with E-state index in [0.717, 1.165) is 73.5 Å². The van der Waals surface area contributed by atoms with Gasteiger partial charge in [0.1, 0.15) is 50.9 Å². The number of benzene rings is 3. The minimum absolute atomic E-state index is 0.00204. The van der Waals surface area contributed by atoms with Crippen molar-refractivity contribution >= 4 is 72.0 Å². The zero-order valence-corrected chi connectivity index (χ0v) is 61.1. The van der Waals surface area contributed by atoms with E-state index in [1.165, 1.54) is 6.08 Å². The topological polar surface area (TPSA) is 443 Å². The molecule has 3 aliphatic rings. The molecule has 0 saturated heterocycles. The molecule has 32 nitrogen and oxygen atoms in total. The van der Waals surface area contributed by atoms with Crippen molar-refractivity contribution in [3.8, 4) is 68.7 Å². The van der Waals surface area contributed by atoms with E-state index in [9.17, 15) is 32.4 Å². The maximum Gasteiger partial charge on any atom is 0.290 e. The van der Waals surface area contributed by atoms with Crippen LogP contribution >= 0.6 is 0 Å². The average Bonchev–Trinajstić information content (AvgIpc) is 1.61. The Hall–Kier alpha value is -13.0. The van der Waals surface area contributed by atoms with Crippen LogP contribution in [0.3, 0.4) is 0 Å². The molecule has 566 valence electrons. The summed E-state index contributed by atoms with van der Waals surface area (Å²) in [6.07, 6.45) is 18.3. The summed E-state index contributed by atoms with van der Waals surface area (Å²) in [5.41, 5.74) is 22.8. The third kappa shape index (κ3) is 17.7. The number of nitrogens with zero attached hydrogens (tertiary/aromatic N) is 13. The van der Waals surface area contributed by atoms with E-state index in [0.29, 0.717) is 117 Å². The number of nitrogens with one attached hydrogen (secondary N) is 6. The number of aromatic nitrogens is 15. The van der Waals surface area contributed by atoms with Crippen molar-refractivity contribution < 1.29 is 32.2 Å². The van der Waals surface area contributed by atoms with Crippen LogP contribution in [0.4, 0.5) is 17.5 Å². The van der Waals surface area contributed by atoms with Crippen molar-refractivity contribution in [3.05, 3.63) is 214 Å². The van der Waals surface area contributed by atoms with Gasteiger partial charge >= 0.3 is 0 Å². The molecule has 15 rings (SSSR count). The minimum Gasteiger partial charge on any atom is -0.439 e. The minimum atomic E-state index is -3.51. The molecule has 3 aliphatic carbocycles. The summed E-state index contributed by atoms with van der Waals surface area (Å²) in [5.74, 6) is 3.66. The van der Waals surface area contributed by atoms with Gasteiger partial charge in [-0.25, -0.2) is 43.4 Å². The van der Waals surface area contributed by atoms with Crippen molar-refractivity contribution in [1.82, 2.24) is 95.1 Å². The van der Waals surface area contributed by atoms with Crippen LogP contribution in [0.2, 0.25) is 0 Å². The molecular formula is C77H82N22O10S. The Balaban J connectivity index is 0.000000145. The number of pyridine rings is 3. The van der Waals surface area contributed by atoms with Crippen LogP contribution in [0.25, 0.3) is 66.5 Å². The van der Waals surface area contributed by atoms with Crippen LogP contribution < -0.4 is 63.4 Å². The number of aromatic amines is 3. The normalized spacial score (nSPS) is 17.8. The molecule has 3 aromatic carbocycles. The molecule has 3 fully saturated rings. The Kier molecular flexibility index (Phi) is 23.1. The monoisotopic (exact) mass is 1510 g/mol. The van der Waals surface area contributed by atoms with Crippen LogP contribution in [-0.4, -0.2) is 139 Å². The van der Waals surface area contributed by atoms with Crippen molar-refractivity contribution in [2.45, 2.75) is 113 Å². The van der Waals surface area contributed by atoms with E-state index in [4.69, 9.17) is 46.7 Å². The highest BCUT2D eigenvalue weighted by atomic mass is 32.2. The summed E-state index contributed by atoms with van der Waals surface area (Å²) >= 11 is 0. The summed E-state index contributed by atoms with van der Waals surface area (Å²) < 4.78 is 48.9. The fourth-order valence-corrected chi connectivity index (χ4v) is 14.7. The highest BCUT2D eigenvalue weighted by molar-refractivity contribution is 7.92. The zero-order valence-electron chi connectivity index (χ0n) is 60.3. The Morgan fingerprint density at radius 1 is 0.491 bits per heavy atom. The predicted molar refractivity (Wildman–Crippen MR) is 417 cm³/mol. The zero-order chi connectivity index (χ0) is 77.0. The molecule has 0 spiro atoms. The number of fused-ring (bicyclic) bond motifs is 3. The molecule has 12 aromatic rings. The maximum absolute atomic E-state index is 12.9. The molecule has 2 amide bonds. The van der Waals surface area contributed by atoms with Gasteiger partial charge in [-0.3, -0.25) is 38.0 Å². The molecule has 0 aliphatic heterocycles. The molecule has 33 heteroatoms. The summed E-state index contributed by atoms with van der Waals surface area (Å²) in [4.78, 5) is 77.0. The molecule has 9 aromatic heterocycles. The molecule has 12 N–H and O–H groups in total. The molecule has 0 radical (unpaired) electrons. The van der Waals surface area contributed by atoms with E-state index >= 15 is 0 Å². The highest BCUT2D eigenvalue weighted by Crippen LogP contribution is 2.41. The number of carbonyl (C=O) groups is 2. The number of hydrogen-bond donors (Lipinski definition) is 9. The molecule has 0 unspecified atom stereocenters. The maximum atomic E-state index is 12.9. The number of ether oxygens (including phenoxy) is 3. The van der Waals surface area contributed by atoms with Crippen molar-refractivity contribution in [3.63, 3.8) is 0 Å². The van der Waals surface area contributed by atoms with Gasteiger partial charge in [-0.1, -0.05) is 37.4 Å². The van der Waals surface area contributed by atoms with Crippen LogP contribution in [0.5, 0.6) is 34.9 Å². The standard InChI is InChI=1S/C28H32N8O3.C25H25N7O3.C24H25N7O4S/c1-35(2)17-5-6-22(37)31-19-10-12-20(13-11-19)36-26-24(27(29)32-33-28(26)38)25(34-36)18-8-14-21(15-9-18)39-23-7-3-4-16-30-23;1-2-19(33)28-16-8-10-17(11-9-16)32-23-21(24(26)29-30-25(23)34)22(31-32)15-6-12-18(13-7-15)35-20-5-3-4-14-27-20;1-2-36(33,34)30-16-8-10-17(11-9-16)31-22-20(23(25)27-28-24(22)32)21(29-31)15-6-12-18(13-7-15)35-19-5-3-4-14-26-19/h3-9,14-16,19-20H,10-13,17H2,1-2H3,(H2,29,32)(H,31,37)(H,33,38);2-7,12-14,16-17H,1,8-11H2,(H2,26,29)(H,28,33)(H,30,34);2-7,12-14,16-17,30H,1,8-11H2,(H2,25,27)(H,28,32)/b6-5+;;. The second-order valence-corrected chi connectivity index (χ2v) is 28.6. The number of amides is 2. The van der Waals surface area contributed by atoms with E-state index in [1.54, 1.807) is 69.0 Å². The predicted octanol–water partition coefficient (Wildman–Crippen LogP) is 9.72. The van der Waals surface area contributed by atoms with E-state index in [2.05, 4.69) is 74.1 Å². The Bertz CT molecular complexity index is 5590. The Labute approximate surface area is 629 Å². The average molecular weight is 1510 g/mol. The van der Waals surface area contributed by atoms with Gasteiger partial charge in [0, 0.05) is 89.6 Å². The lowest BCUT2D eigenvalue weighted by Gasteiger charge is -2.29. The Morgan fingerprint density at radius 2 is 0.818 bits per heavy atom. The number of hydrogen-bond acceptors (Lipinski definition) is 23. The van der Waals surface area contributed by atoms with E-state index in [-0.39, 0.29) is 82.2 Å². The van der Waals surface area contributed by atoms with Crippen LogP contribution in [0.1, 0.15) is 95.2 Å². The van der Waals surface area contributed by atoms with Crippen molar-refractivity contribution in [2.24, 2.45) is 0 Å². The number of sulfonamides is 1. The molecule has 110 heavy (non-hydrogen) atoms. The van der Waals surface area contributed by atoms with Gasteiger partial charge in [-0.05, 0) is 188 Å². The number of H-pyrrole nitrogens is 3. The van der Waals surface area contributed by atoms with Crippen molar-refractivity contribution in [2.75, 3.05) is 37.8 Å². The van der Waals surface area contributed by atoms with Gasteiger partial charge < -0.3 is 46.9 Å². The quantitative estimate of drug-likeness (QED) is 0.0302. The lowest BCUT2D eigenvalue weighted by atomic mass is 9.91. The van der Waals surface area contributed by atoms with Gasteiger partial charge in [-0.2, -0.15) is 30.6 Å². The first-order chi connectivity index (χ1) is 53.3. The van der Waals surface area contributed by atoms with Crippen LogP contribution in [0, 0.1) is 0 Å². The number of rotatable bonds is 21. The number of likely N-dealkylation sites (N-methyl/N-ethyl adjacent to an activating group) is 1. The molecule has 0 atom stereocenters. The lowest BCUT2D eigenvalue weighted by Crippen LogP contribution is -2.37. The fourth-order valence-electron chi connectivity index (χ4n) is 13.9. The first kappa shape index (κ1) is 75.2. The van der Waals surface area contributed by atoms with Crippen LogP contribution in [-0.2, 0) is 19.6 Å². The number of carbonyl (C=O) groups excluding carboxylic acids is 2.